The van der Waals surface area contributed by atoms with Crippen LogP contribution in [0.2, 0.25) is 0 Å². The van der Waals surface area contributed by atoms with Crippen LogP contribution in [0.1, 0.15) is 5.82 Å². The summed E-state index contributed by atoms with van der Waals surface area (Å²) in [5.74, 6) is 1.41. The monoisotopic (exact) mass is 180 g/mol. The molecular formula is C6H8N6O. The first-order chi connectivity index (χ1) is 6.36. The Morgan fingerprint density at radius 1 is 1.62 bits per heavy atom. The Hall–Kier alpha value is -1.92. The van der Waals surface area contributed by atoms with Crippen LogP contribution in [0.4, 0.5) is 5.82 Å². The Morgan fingerprint density at radius 3 is 3.15 bits per heavy atom. The number of hydrogen-bond donors (Lipinski definition) is 1. The van der Waals surface area contributed by atoms with Crippen LogP contribution in [0.3, 0.4) is 0 Å². The van der Waals surface area contributed by atoms with Crippen LogP contribution < -0.4 is 5.32 Å². The van der Waals surface area contributed by atoms with Gasteiger partial charge in [-0.15, -0.1) is 5.10 Å². The van der Waals surface area contributed by atoms with E-state index in [1.807, 2.05) is 0 Å². The van der Waals surface area contributed by atoms with E-state index in [-0.39, 0.29) is 0 Å². The fraction of sp³-hybridized carbons (Fsp3) is 0.333. The third-order valence-electron chi connectivity index (χ3n) is 1.55. The summed E-state index contributed by atoms with van der Waals surface area (Å²) in [7, 11) is 1.80. The number of aromatic nitrogens is 5. The average molecular weight is 180 g/mol. The lowest BCUT2D eigenvalue weighted by Gasteiger charge is -2.00. The number of rotatable bonds is 3. The second-order valence-electron chi connectivity index (χ2n) is 2.44. The summed E-state index contributed by atoms with van der Waals surface area (Å²) < 4.78 is 6.20. The van der Waals surface area contributed by atoms with E-state index in [1.165, 1.54) is 6.39 Å². The lowest BCUT2D eigenvalue weighted by molar-refractivity contribution is 0.411. The third-order valence-corrected chi connectivity index (χ3v) is 1.55. The van der Waals surface area contributed by atoms with Crippen molar-refractivity contribution in [1.29, 1.82) is 0 Å². The van der Waals surface area contributed by atoms with Crippen LogP contribution in [0.25, 0.3) is 0 Å². The van der Waals surface area contributed by atoms with Gasteiger partial charge < -0.3 is 9.84 Å². The molecule has 1 N–H and O–H groups in total. The molecule has 0 radical (unpaired) electrons. The Labute approximate surface area is 73.7 Å². The molecule has 7 nitrogen and oxygen atoms in total. The van der Waals surface area contributed by atoms with Crippen molar-refractivity contribution >= 4 is 5.82 Å². The molecule has 0 spiro atoms. The van der Waals surface area contributed by atoms with Gasteiger partial charge >= 0.3 is 0 Å². The van der Waals surface area contributed by atoms with E-state index >= 15 is 0 Å². The van der Waals surface area contributed by atoms with Gasteiger partial charge in [-0.05, 0) is 0 Å². The van der Waals surface area contributed by atoms with Crippen molar-refractivity contribution < 1.29 is 4.52 Å². The molecule has 0 unspecified atom stereocenters. The van der Waals surface area contributed by atoms with Gasteiger partial charge in [-0.2, -0.15) is 4.98 Å². The molecule has 0 bridgehead atoms. The molecule has 0 amide bonds. The van der Waals surface area contributed by atoms with Crippen molar-refractivity contribution in [3.63, 3.8) is 0 Å². The topological polar surface area (TPSA) is 81.7 Å². The normalized spacial score (nSPS) is 10.2. The van der Waals surface area contributed by atoms with Crippen molar-refractivity contribution in [2.75, 3.05) is 5.32 Å². The molecule has 0 aliphatic carbocycles. The maximum atomic E-state index is 4.58. The lowest BCUT2D eigenvalue weighted by Crippen LogP contribution is -2.05. The van der Waals surface area contributed by atoms with E-state index in [0.717, 1.165) is 5.82 Å². The standard InChI is InChI=1S/C6H8N6O/c1-12-6(3-9-11-12)7-2-5-8-4-13-10-5/h3-4,7H,2H2,1H3. The van der Waals surface area contributed by atoms with Gasteiger partial charge in [-0.3, -0.25) is 0 Å². The molecule has 2 rings (SSSR count). The van der Waals surface area contributed by atoms with Crippen molar-refractivity contribution in [1.82, 2.24) is 25.1 Å². The Morgan fingerprint density at radius 2 is 2.54 bits per heavy atom. The predicted molar refractivity (Wildman–Crippen MR) is 42.6 cm³/mol. The number of nitrogens with one attached hydrogen (secondary N) is 1. The third kappa shape index (κ3) is 1.63. The van der Waals surface area contributed by atoms with E-state index in [2.05, 4.69) is 30.3 Å². The molecule has 0 aromatic carbocycles. The summed E-state index contributed by atoms with van der Waals surface area (Å²) in [6.07, 6.45) is 2.92. The summed E-state index contributed by atoms with van der Waals surface area (Å²) >= 11 is 0. The predicted octanol–water partition coefficient (Wildman–Crippen LogP) is -0.190. The van der Waals surface area contributed by atoms with E-state index < -0.39 is 0 Å². The van der Waals surface area contributed by atoms with Gasteiger partial charge in [0.15, 0.2) is 5.82 Å². The molecule has 13 heavy (non-hydrogen) atoms. The van der Waals surface area contributed by atoms with Gasteiger partial charge in [-0.25, -0.2) is 4.68 Å². The van der Waals surface area contributed by atoms with Crippen LogP contribution in [-0.4, -0.2) is 25.1 Å². The fourth-order valence-electron chi connectivity index (χ4n) is 0.890. The summed E-state index contributed by atoms with van der Waals surface area (Å²) in [5.41, 5.74) is 0. The van der Waals surface area contributed by atoms with Gasteiger partial charge in [0.05, 0.1) is 12.7 Å². The van der Waals surface area contributed by atoms with Crippen molar-refractivity contribution in [2.45, 2.75) is 6.54 Å². The van der Waals surface area contributed by atoms with Crippen LogP contribution in [-0.2, 0) is 13.6 Å². The minimum absolute atomic E-state index is 0.498. The zero-order valence-corrected chi connectivity index (χ0v) is 7.01. The Kier molecular flexibility index (Phi) is 1.91. The van der Waals surface area contributed by atoms with E-state index in [1.54, 1.807) is 17.9 Å². The Bertz CT molecular complexity index is 366. The molecule has 0 atom stereocenters. The molecular weight excluding hydrogens is 172 g/mol. The Balaban J connectivity index is 1.97. The fourth-order valence-corrected chi connectivity index (χ4v) is 0.890. The van der Waals surface area contributed by atoms with Gasteiger partial charge in [0.25, 0.3) is 0 Å². The van der Waals surface area contributed by atoms with Crippen molar-refractivity contribution in [3.05, 3.63) is 18.4 Å². The highest BCUT2D eigenvalue weighted by atomic mass is 16.5. The molecule has 0 aliphatic rings. The smallest absolute Gasteiger partial charge is 0.213 e. The first kappa shape index (κ1) is 7.71. The zero-order valence-electron chi connectivity index (χ0n) is 7.01. The average Bonchev–Trinajstić information content (AvgIpc) is 2.72. The highest BCUT2D eigenvalue weighted by Gasteiger charge is 2.01. The molecule has 0 aliphatic heterocycles. The minimum atomic E-state index is 0.498. The van der Waals surface area contributed by atoms with Crippen molar-refractivity contribution in [2.24, 2.45) is 7.05 Å². The first-order valence-electron chi connectivity index (χ1n) is 3.70. The summed E-state index contributed by atoms with van der Waals surface area (Å²) in [5, 5.41) is 14.2. The van der Waals surface area contributed by atoms with Crippen molar-refractivity contribution in [3.8, 4) is 0 Å². The molecule has 2 aromatic heterocycles. The molecule has 0 saturated heterocycles. The molecule has 2 heterocycles. The van der Waals surface area contributed by atoms with Crippen LogP contribution in [0, 0.1) is 0 Å². The van der Waals surface area contributed by atoms with Gasteiger partial charge in [0, 0.05) is 7.05 Å². The molecule has 68 valence electrons. The zero-order chi connectivity index (χ0) is 9.10. The van der Waals surface area contributed by atoms with Crippen LogP contribution in [0.5, 0.6) is 0 Å². The van der Waals surface area contributed by atoms with Crippen LogP contribution >= 0.6 is 0 Å². The molecule has 2 aromatic rings. The summed E-state index contributed by atoms with van der Waals surface area (Å²) in [6, 6.07) is 0. The minimum Gasteiger partial charge on any atom is -0.362 e. The van der Waals surface area contributed by atoms with Gasteiger partial charge in [0.1, 0.15) is 5.82 Å². The van der Waals surface area contributed by atoms with Gasteiger partial charge in [0.2, 0.25) is 6.39 Å². The number of hydrogen-bond acceptors (Lipinski definition) is 6. The maximum absolute atomic E-state index is 4.58. The van der Waals surface area contributed by atoms with Crippen LogP contribution in [0.15, 0.2) is 17.1 Å². The maximum Gasteiger partial charge on any atom is 0.213 e. The second kappa shape index (κ2) is 3.21. The highest BCUT2D eigenvalue weighted by molar-refractivity contribution is 5.30. The van der Waals surface area contributed by atoms with E-state index in [9.17, 15) is 0 Å². The summed E-state index contributed by atoms with van der Waals surface area (Å²) in [4.78, 5) is 3.85. The van der Waals surface area contributed by atoms with E-state index in [0.29, 0.717) is 12.4 Å². The molecule has 0 saturated carbocycles. The second-order valence-corrected chi connectivity index (χ2v) is 2.44. The SMILES string of the molecule is Cn1nncc1NCc1ncon1. The largest absolute Gasteiger partial charge is 0.362 e. The first-order valence-corrected chi connectivity index (χ1v) is 3.70. The quantitative estimate of drug-likeness (QED) is 0.705. The number of aryl methyl sites for hydroxylation is 1. The van der Waals surface area contributed by atoms with E-state index in [4.69, 9.17) is 0 Å². The molecule has 7 heteroatoms. The number of nitrogens with zero attached hydrogens (tertiary/aromatic N) is 5. The molecule has 0 fully saturated rings. The lowest BCUT2D eigenvalue weighted by atomic mass is 10.6. The number of anilines is 1. The summed E-state index contributed by atoms with van der Waals surface area (Å²) in [6.45, 7) is 0.498. The van der Waals surface area contributed by atoms with Gasteiger partial charge in [-0.1, -0.05) is 10.4 Å². The highest BCUT2D eigenvalue weighted by Crippen LogP contribution is 2.02.